The van der Waals surface area contributed by atoms with Gasteiger partial charge in [-0.1, -0.05) is 0 Å². The summed E-state index contributed by atoms with van der Waals surface area (Å²) in [6.07, 6.45) is 4.41. The number of amides is 1. The minimum Gasteiger partial charge on any atom is -0.444 e. The maximum atomic E-state index is 12.1. The normalized spacial score (nSPS) is 25.6. The molecule has 2 aliphatic heterocycles. The van der Waals surface area contributed by atoms with Crippen LogP contribution in [-0.4, -0.2) is 54.9 Å². The van der Waals surface area contributed by atoms with Gasteiger partial charge >= 0.3 is 6.09 Å². The number of carbonyl (C=O) groups excluding carboxylic acids is 1. The number of carbonyl (C=O) groups is 1. The molecule has 116 valence electrons. The monoisotopic (exact) mass is 283 g/mol. The van der Waals surface area contributed by atoms with E-state index in [9.17, 15) is 4.79 Å². The fourth-order valence-corrected chi connectivity index (χ4v) is 2.93. The van der Waals surface area contributed by atoms with Crippen molar-refractivity contribution in [3.63, 3.8) is 0 Å². The Labute approximate surface area is 122 Å². The predicted octanol–water partition coefficient (Wildman–Crippen LogP) is 1.73. The van der Waals surface area contributed by atoms with Gasteiger partial charge < -0.3 is 20.3 Å². The maximum Gasteiger partial charge on any atom is 0.410 e. The molecule has 0 aromatic rings. The summed E-state index contributed by atoms with van der Waals surface area (Å²) in [6, 6.07) is 1.01. The lowest BCUT2D eigenvalue weighted by molar-refractivity contribution is 0.0181. The van der Waals surface area contributed by atoms with Crippen LogP contribution < -0.4 is 10.6 Å². The predicted molar refractivity (Wildman–Crippen MR) is 79.9 cm³/mol. The summed E-state index contributed by atoms with van der Waals surface area (Å²) < 4.78 is 5.46. The van der Waals surface area contributed by atoms with Crippen LogP contribution in [0.25, 0.3) is 0 Å². The minimum atomic E-state index is -0.410. The highest BCUT2D eigenvalue weighted by atomic mass is 16.6. The zero-order valence-corrected chi connectivity index (χ0v) is 13.1. The minimum absolute atomic E-state index is 0.172. The Hall–Kier alpha value is -0.810. The van der Waals surface area contributed by atoms with E-state index in [2.05, 4.69) is 10.6 Å². The van der Waals surface area contributed by atoms with Crippen LogP contribution in [0.1, 0.15) is 46.5 Å². The first-order chi connectivity index (χ1) is 9.44. The highest BCUT2D eigenvalue weighted by molar-refractivity contribution is 5.68. The van der Waals surface area contributed by atoms with Gasteiger partial charge in [-0.2, -0.15) is 0 Å². The Kier molecular flexibility index (Phi) is 5.27. The van der Waals surface area contributed by atoms with Gasteiger partial charge in [0.1, 0.15) is 5.60 Å². The summed E-state index contributed by atoms with van der Waals surface area (Å²) in [5, 5.41) is 7.10. The van der Waals surface area contributed by atoms with Crippen molar-refractivity contribution in [1.29, 1.82) is 0 Å². The van der Waals surface area contributed by atoms with Crippen molar-refractivity contribution >= 4 is 6.09 Å². The Morgan fingerprint density at radius 2 is 1.90 bits per heavy atom. The molecule has 5 heteroatoms. The lowest BCUT2D eigenvalue weighted by Gasteiger charge is -2.37. The van der Waals surface area contributed by atoms with E-state index in [1.165, 1.54) is 12.8 Å². The van der Waals surface area contributed by atoms with E-state index in [0.29, 0.717) is 12.1 Å². The van der Waals surface area contributed by atoms with E-state index >= 15 is 0 Å². The molecule has 0 bridgehead atoms. The highest BCUT2D eigenvalue weighted by Crippen LogP contribution is 2.16. The second kappa shape index (κ2) is 6.76. The second-order valence-corrected chi connectivity index (χ2v) is 6.96. The lowest BCUT2D eigenvalue weighted by Crippen LogP contribution is -2.53. The second-order valence-electron chi connectivity index (χ2n) is 6.96. The van der Waals surface area contributed by atoms with Gasteiger partial charge in [-0.3, -0.25) is 0 Å². The number of nitrogens with one attached hydrogen (secondary N) is 2. The van der Waals surface area contributed by atoms with Crippen LogP contribution in [0.2, 0.25) is 0 Å². The average molecular weight is 283 g/mol. The molecule has 0 aromatic heterocycles. The summed E-state index contributed by atoms with van der Waals surface area (Å²) in [5.74, 6) is 0. The Morgan fingerprint density at radius 3 is 2.55 bits per heavy atom. The van der Waals surface area contributed by atoms with Crippen LogP contribution in [-0.2, 0) is 4.74 Å². The van der Waals surface area contributed by atoms with Crippen molar-refractivity contribution in [2.75, 3.05) is 26.2 Å². The van der Waals surface area contributed by atoms with E-state index in [0.717, 1.165) is 39.0 Å². The molecule has 5 nitrogen and oxygen atoms in total. The van der Waals surface area contributed by atoms with E-state index in [1.807, 2.05) is 25.7 Å². The molecule has 0 spiro atoms. The number of rotatable bonds is 2. The zero-order chi connectivity index (χ0) is 14.6. The van der Waals surface area contributed by atoms with Crippen molar-refractivity contribution in [3.8, 4) is 0 Å². The molecule has 1 atom stereocenters. The van der Waals surface area contributed by atoms with E-state index in [1.54, 1.807) is 0 Å². The summed E-state index contributed by atoms with van der Waals surface area (Å²) >= 11 is 0. The average Bonchev–Trinajstić information content (AvgIpc) is 2.38. The van der Waals surface area contributed by atoms with Gasteiger partial charge in [-0.05, 0) is 59.5 Å². The summed E-state index contributed by atoms with van der Waals surface area (Å²) in [7, 11) is 0. The third-order valence-corrected chi connectivity index (χ3v) is 3.88. The summed E-state index contributed by atoms with van der Waals surface area (Å²) in [4.78, 5) is 14.0. The van der Waals surface area contributed by atoms with Crippen molar-refractivity contribution in [1.82, 2.24) is 15.5 Å². The van der Waals surface area contributed by atoms with Gasteiger partial charge in [0.15, 0.2) is 0 Å². The van der Waals surface area contributed by atoms with Crippen molar-refractivity contribution in [3.05, 3.63) is 0 Å². The Bertz CT molecular complexity index is 322. The van der Waals surface area contributed by atoms with Crippen LogP contribution in [0, 0.1) is 0 Å². The first kappa shape index (κ1) is 15.6. The lowest BCUT2D eigenvalue weighted by atomic mass is 10.0. The molecule has 1 amide bonds. The van der Waals surface area contributed by atoms with Gasteiger partial charge in [-0.25, -0.2) is 4.79 Å². The van der Waals surface area contributed by atoms with Gasteiger partial charge in [-0.15, -0.1) is 0 Å². The molecule has 0 aliphatic carbocycles. The van der Waals surface area contributed by atoms with E-state index in [-0.39, 0.29) is 6.09 Å². The first-order valence-electron chi connectivity index (χ1n) is 7.89. The fourth-order valence-electron chi connectivity index (χ4n) is 2.93. The number of nitrogens with zero attached hydrogens (tertiary/aromatic N) is 1. The smallest absolute Gasteiger partial charge is 0.410 e. The van der Waals surface area contributed by atoms with Crippen LogP contribution in [0.3, 0.4) is 0 Å². The van der Waals surface area contributed by atoms with Crippen molar-refractivity contribution < 1.29 is 9.53 Å². The van der Waals surface area contributed by atoms with Crippen LogP contribution in [0.5, 0.6) is 0 Å². The van der Waals surface area contributed by atoms with Crippen LogP contribution in [0.15, 0.2) is 0 Å². The van der Waals surface area contributed by atoms with Gasteiger partial charge in [0.2, 0.25) is 0 Å². The molecular formula is C15H29N3O2. The third kappa shape index (κ3) is 4.94. The number of likely N-dealkylation sites (tertiary alicyclic amines) is 1. The third-order valence-electron chi connectivity index (χ3n) is 3.88. The largest absolute Gasteiger partial charge is 0.444 e. The SMILES string of the molecule is CC(C)(C)OC(=O)N1CCCC(NC2CCNCC2)C1. The van der Waals surface area contributed by atoms with Gasteiger partial charge in [0.05, 0.1) is 0 Å². The number of hydrogen-bond acceptors (Lipinski definition) is 4. The fraction of sp³-hybridized carbons (Fsp3) is 0.933. The highest BCUT2D eigenvalue weighted by Gasteiger charge is 2.28. The van der Waals surface area contributed by atoms with Crippen LogP contribution in [0.4, 0.5) is 4.79 Å². The van der Waals surface area contributed by atoms with Crippen molar-refractivity contribution in [2.24, 2.45) is 0 Å². The molecule has 2 heterocycles. The topological polar surface area (TPSA) is 53.6 Å². The van der Waals surface area contributed by atoms with Gasteiger partial charge in [0, 0.05) is 25.2 Å². The molecule has 0 radical (unpaired) electrons. The zero-order valence-electron chi connectivity index (χ0n) is 13.1. The molecule has 0 aromatic carbocycles. The molecule has 2 rings (SSSR count). The number of ether oxygens (including phenoxy) is 1. The molecular weight excluding hydrogens is 254 g/mol. The molecule has 2 fully saturated rings. The summed E-state index contributed by atoms with van der Waals surface area (Å²) in [6.45, 7) is 9.54. The van der Waals surface area contributed by atoms with Gasteiger partial charge in [0.25, 0.3) is 0 Å². The standard InChI is InChI=1S/C15H29N3O2/c1-15(2,3)20-14(19)18-10-4-5-13(11-18)17-12-6-8-16-9-7-12/h12-13,16-17H,4-11H2,1-3H3. The quantitative estimate of drug-likeness (QED) is 0.810. The molecule has 2 saturated heterocycles. The molecule has 1 unspecified atom stereocenters. The maximum absolute atomic E-state index is 12.1. The number of piperidine rings is 2. The molecule has 20 heavy (non-hydrogen) atoms. The molecule has 0 saturated carbocycles. The molecule has 2 aliphatic rings. The Balaban J connectivity index is 1.80. The Morgan fingerprint density at radius 1 is 1.20 bits per heavy atom. The van der Waals surface area contributed by atoms with Crippen molar-refractivity contribution in [2.45, 2.75) is 64.1 Å². The van der Waals surface area contributed by atoms with E-state index < -0.39 is 5.60 Å². The van der Waals surface area contributed by atoms with Crippen LogP contribution >= 0.6 is 0 Å². The van der Waals surface area contributed by atoms with E-state index in [4.69, 9.17) is 4.74 Å². The summed E-state index contributed by atoms with van der Waals surface area (Å²) in [5.41, 5.74) is -0.410. The molecule has 2 N–H and O–H groups in total. The number of hydrogen-bond donors (Lipinski definition) is 2. The first-order valence-corrected chi connectivity index (χ1v) is 7.89.